The normalized spacial score (nSPS) is 13.7. The van der Waals surface area contributed by atoms with E-state index in [1.807, 2.05) is 0 Å². The number of hydrogen-bond donors (Lipinski definition) is 1. The molecule has 5 rings (SSSR count). The molecule has 0 radical (unpaired) electrons. The molecule has 0 saturated heterocycles. The molecule has 174 valence electrons. The number of aromatic nitrogens is 2. The predicted octanol–water partition coefficient (Wildman–Crippen LogP) is 5.51. The van der Waals surface area contributed by atoms with E-state index in [-0.39, 0.29) is 23.5 Å². The van der Waals surface area contributed by atoms with Gasteiger partial charge in [-0.05, 0) is 66.8 Å². The molecule has 1 N–H and O–H groups in total. The van der Waals surface area contributed by atoms with Crippen molar-refractivity contribution in [1.29, 1.82) is 0 Å². The van der Waals surface area contributed by atoms with Gasteiger partial charge in [-0.15, -0.1) is 0 Å². The third-order valence-electron chi connectivity index (χ3n) is 6.28. The number of imidazole rings is 1. The molecule has 8 heteroatoms. The van der Waals surface area contributed by atoms with Gasteiger partial charge in [-0.25, -0.2) is 14.0 Å². The van der Waals surface area contributed by atoms with Crippen molar-refractivity contribution in [2.24, 2.45) is 5.92 Å². The molecule has 0 amide bonds. The summed E-state index contributed by atoms with van der Waals surface area (Å²) in [5.74, 6) is -0.947. The smallest absolute Gasteiger partial charge is 0.335 e. The fourth-order valence-corrected chi connectivity index (χ4v) is 4.40. The molecular weight excluding hydrogens is 459 g/mol. The number of carboxylic acids is 1. The van der Waals surface area contributed by atoms with Gasteiger partial charge in [0.1, 0.15) is 0 Å². The Morgan fingerprint density at radius 2 is 1.91 bits per heavy atom. The third-order valence-corrected chi connectivity index (χ3v) is 6.51. The van der Waals surface area contributed by atoms with Crippen LogP contribution < -0.4 is 10.4 Å². The summed E-state index contributed by atoms with van der Waals surface area (Å²) in [7, 11) is 0. The fourth-order valence-electron chi connectivity index (χ4n) is 4.23. The Kier molecular flexibility index (Phi) is 5.87. The molecule has 4 aromatic rings. The summed E-state index contributed by atoms with van der Waals surface area (Å²) >= 11 is 6.22. The van der Waals surface area contributed by atoms with Crippen molar-refractivity contribution in [3.05, 3.63) is 93.1 Å². The van der Waals surface area contributed by atoms with Crippen LogP contribution in [-0.4, -0.2) is 26.8 Å². The van der Waals surface area contributed by atoms with E-state index in [0.717, 1.165) is 12.8 Å². The van der Waals surface area contributed by atoms with Crippen LogP contribution in [0, 0.1) is 11.7 Å². The molecule has 34 heavy (non-hydrogen) atoms. The summed E-state index contributed by atoms with van der Waals surface area (Å²) in [6, 6.07) is 15.9. The van der Waals surface area contributed by atoms with E-state index in [0.29, 0.717) is 39.8 Å². The molecule has 1 saturated carbocycles. The number of carbonyl (C=O) groups is 1. The minimum atomic E-state index is -1.04. The fraction of sp³-hybridized carbons (Fsp3) is 0.231. The van der Waals surface area contributed by atoms with Crippen molar-refractivity contribution < 1.29 is 19.0 Å². The Hall–Kier alpha value is -3.58. The van der Waals surface area contributed by atoms with Crippen LogP contribution in [0.2, 0.25) is 5.02 Å². The zero-order valence-corrected chi connectivity index (χ0v) is 19.0. The molecule has 0 spiro atoms. The summed E-state index contributed by atoms with van der Waals surface area (Å²) in [5, 5.41) is 9.72. The van der Waals surface area contributed by atoms with Crippen LogP contribution >= 0.6 is 11.6 Å². The lowest BCUT2D eigenvalue weighted by atomic mass is 9.86. The summed E-state index contributed by atoms with van der Waals surface area (Å²) < 4.78 is 23.4. The van der Waals surface area contributed by atoms with E-state index in [1.54, 1.807) is 42.5 Å². The van der Waals surface area contributed by atoms with E-state index in [1.165, 1.54) is 33.8 Å². The molecule has 1 aromatic heterocycles. The number of hydrogen-bond acceptors (Lipinski definition) is 3. The first-order chi connectivity index (χ1) is 16.4. The van der Waals surface area contributed by atoms with Crippen LogP contribution in [-0.2, 0) is 6.54 Å². The van der Waals surface area contributed by atoms with E-state index >= 15 is 0 Å². The molecule has 6 nitrogen and oxygen atoms in total. The zero-order valence-electron chi connectivity index (χ0n) is 18.2. The second kappa shape index (κ2) is 8.99. The summed E-state index contributed by atoms with van der Waals surface area (Å²) in [5.41, 5.74) is 1.87. The average Bonchev–Trinajstić information content (AvgIpc) is 3.04. The minimum Gasteiger partial charge on any atom is -0.490 e. The average molecular weight is 481 g/mol. The van der Waals surface area contributed by atoms with Gasteiger partial charge in [0, 0.05) is 11.1 Å². The van der Waals surface area contributed by atoms with Gasteiger partial charge >= 0.3 is 11.7 Å². The van der Waals surface area contributed by atoms with Crippen LogP contribution in [0.15, 0.2) is 65.5 Å². The number of aromatic carboxylic acids is 1. The Morgan fingerprint density at radius 1 is 1.09 bits per heavy atom. The number of halogens is 2. The Morgan fingerprint density at radius 3 is 2.62 bits per heavy atom. The number of ether oxygens (including phenoxy) is 1. The Labute approximate surface area is 199 Å². The van der Waals surface area contributed by atoms with Gasteiger partial charge in [-0.1, -0.05) is 30.2 Å². The molecule has 0 unspecified atom stereocenters. The van der Waals surface area contributed by atoms with Crippen molar-refractivity contribution in [2.45, 2.75) is 25.8 Å². The molecule has 1 aliphatic carbocycles. The summed E-state index contributed by atoms with van der Waals surface area (Å²) in [4.78, 5) is 24.8. The highest BCUT2D eigenvalue weighted by Crippen LogP contribution is 2.29. The van der Waals surface area contributed by atoms with Crippen LogP contribution in [0.5, 0.6) is 5.75 Å². The molecule has 1 fully saturated rings. The monoisotopic (exact) mass is 480 g/mol. The highest BCUT2D eigenvalue weighted by atomic mass is 35.5. The van der Waals surface area contributed by atoms with Crippen LogP contribution in [0.1, 0.15) is 35.2 Å². The SMILES string of the molecule is O=C(O)c1cccc(Cn2c(=O)n(-c3ccc(OCC4CCC4)c(F)c3)c3cc(Cl)ccc32)c1. The minimum absolute atomic E-state index is 0.136. The van der Waals surface area contributed by atoms with Crippen molar-refractivity contribution >= 4 is 28.6 Å². The maximum absolute atomic E-state index is 14.9. The van der Waals surface area contributed by atoms with Crippen LogP contribution in [0.4, 0.5) is 4.39 Å². The summed E-state index contributed by atoms with van der Waals surface area (Å²) in [6.45, 7) is 0.636. The molecular formula is C26H22ClFN2O4. The standard InChI is InChI=1S/C26H22ClFN2O4/c27-19-7-9-22-23(12-19)30(20-8-10-24(21(28)13-20)34-15-16-3-1-4-16)26(33)29(22)14-17-5-2-6-18(11-17)25(31)32/h2,5-13,16H,1,3-4,14-15H2,(H,31,32). The zero-order chi connectivity index (χ0) is 23.8. The molecule has 0 aliphatic heterocycles. The Bertz CT molecular complexity index is 1460. The highest BCUT2D eigenvalue weighted by Gasteiger charge is 2.20. The quantitative estimate of drug-likeness (QED) is 0.378. The van der Waals surface area contributed by atoms with Crippen molar-refractivity contribution in [3.8, 4) is 11.4 Å². The summed E-state index contributed by atoms with van der Waals surface area (Å²) in [6.07, 6.45) is 3.39. The van der Waals surface area contributed by atoms with Gasteiger partial charge in [-0.2, -0.15) is 0 Å². The Balaban J connectivity index is 1.55. The molecule has 1 heterocycles. The maximum atomic E-state index is 14.9. The van der Waals surface area contributed by atoms with Crippen molar-refractivity contribution in [1.82, 2.24) is 9.13 Å². The van der Waals surface area contributed by atoms with Crippen molar-refractivity contribution in [2.75, 3.05) is 6.61 Å². The van der Waals surface area contributed by atoms with Crippen LogP contribution in [0.3, 0.4) is 0 Å². The third kappa shape index (κ3) is 4.19. The van der Waals surface area contributed by atoms with Crippen molar-refractivity contribution in [3.63, 3.8) is 0 Å². The predicted molar refractivity (Wildman–Crippen MR) is 128 cm³/mol. The second-order valence-corrected chi connectivity index (χ2v) is 9.00. The first-order valence-corrected chi connectivity index (χ1v) is 11.4. The van der Waals surface area contributed by atoms with Crippen LogP contribution in [0.25, 0.3) is 16.7 Å². The number of benzene rings is 3. The lowest BCUT2D eigenvalue weighted by Gasteiger charge is -2.25. The van der Waals surface area contributed by atoms with E-state index in [2.05, 4.69) is 0 Å². The number of carboxylic acid groups (broad SMARTS) is 1. The van der Waals surface area contributed by atoms with Gasteiger partial charge in [0.25, 0.3) is 0 Å². The molecule has 0 bridgehead atoms. The molecule has 1 aliphatic rings. The van der Waals surface area contributed by atoms with Gasteiger partial charge in [0.2, 0.25) is 0 Å². The molecule has 3 aromatic carbocycles. The largest absolute Gasteiger partial charge is 0.490 e. The van der Waals surface area contributed by atoms with E-state index < -0.39 is 11.8 Å². The number of fused-ring (bicyclic) bond motifs is 1. The molecule has 0 atom stereocenters. The van der Waals surface area contributed by atoms with Gasteiger partial charge < -0.3 is 9.84 Å². The van der Waals surface area contributed by atoms with Gasteiger partial charge in [0.15, 0.2) is 11.6 Å². The van der Waals surface area contributed by atoms with E-state index in [4.69, 9.17) is 16.3 Å². The lowest BCUT2D eigenvalue weighted by Crippen LogP contribution is -2.24. The first-order valence-electron chi connectivity index (χ1n) is 11.1. The number of nitrogens with zero attached hydrogens (tertiary/aromatic N) is 2. The maximum Gasteiger partial charge on any atom is 0.335 e. The first kappa shape index (κ1) is 22.2. The highest BCUT2D eigenvalue weighted by molar-refractivity contribution is 6.31. The lowest BCUT2D eigenvalue weighted by molar-refractivity contribution is 0.0696. The second-order valence-electron chi connectivity index (χ2n) is 8.57. The van der Waals surface area contributed by atoms with Gasteiger partial charge in [0.05, 0.1) is 35.4 Å². The van der Waals surface area contributed by atoms with Gasteiger partial charge in [-0.3, -0.25) is 9.13 Å². The van der Waals surface area contributed by atoms with E-state index in [9.17, 15) is 19.1 Å². The topological polar surface area (TPSA) is 73.5 Å². The number of rotatable bonds is 7.